The van der Waals surface area contributed by atoms with Crippen molar-refractivity contribution in [2.75, 3.05) is 13.2 Å². The van der Waals surface area contributed by atoms with Crippen LogP contribution in [0.15, 0.2) is 54.7 Å². The number of nitrogens with one attached hydrogen (secondary N) is 2. The fraction of sp³-hybridized carbons (Fsp3) is 0.286. The molecule has 0 atom stereocenters. The summed E-state index contributed by atoms with van der Waals surface area (Å²) in [5.74, 6) is 1.11. The van der Waals surface area contributed by atoms with Crippen molar-refractivity contribution in [3.8, 4) is 5.75 Å². The molecule has 0 aliphatic carbocycles. The van der Waals surface area contributed by atoms with E-state index >= 15 is 0 Å². The summed E-state index contributed by atoms with van der Waals surface area (Å²) in [5.41, 5.74) is 2.96. The van der Waals surface area contributed by atoms with Gasteiger partial charge in [0.1, 0.15) is 5.75 Å². The van der Waals surface area contributed by atoms with Crippen LogP contribution < -0.4 is 10.1 Å². The molecule has 2 aromatic carbocycles. The molecule has 2 N–H and O–H groups in total. The molecular formula is C21H24N2O2. The highest BCUT2D eigenvalue weighted by Gasteiger charge is 2.08. The molecule has 3 rings (SSSR count). The lowest BCUT2D eigenvalue weighted by molar-refractivity contribution is 0.0953. The third-order valence-corrected chi connectivity index (χ3v) is 4.03. The maximum absolute atomic E-state index is 12.4. The molecule has 3 aromatic rings. The van der Waals surface area contributed by atoms with Gasteiger partial charge in [0.15, 0.2) is 0 Å². The first kappa shape index (κ1) is 17.1. The largest absolute Gasteiger partial charge is 0.493 e. The molecule has 0 saturated carbocycles. The lowest BCUT2D eigenvalue weighted by atomic mass is 10.1. The van der Waals surface area contributed by atoms with Crippen LogP contribution in [0, 0.1) is 5.92 Å². The number of fused-ring (bicyclic) bond motifs is 1. The van der Waals surface area contributed by atoms with Crippen molar-refractivity contribution in [1.29, 1.82) is 0 Å². The summed E-state index contributed by atoms with van der Waals surface area (Å²) in [6.07, 6.45) is 2.80. The number of amides is 1. The Bertz CT molecular complexity index is 852. The van der Waals surface area contributed by atoms with Gasteiger partial charge in [0, 0.05) is 29.2 Å². The Kier molecular flexibility index (Phi) is 5.39. The van der Waals surface area contributed by atoms with E-state index in [0.717, 1.165) is 17.7 Å². The molecule has 130 valence electrons. The summed E-state index contributed by atoms with van der Waals surface area (Å²) in [5, 5.41) is 4.19. The average molecular weight is 336 g/mol. The molecule has 1 aromatic heterocycles. The van der Waals surface area contributed by atoms with E-state index in [-0.39, 0.29) is 5.91 Å². The fourth-order valence-corrected chi connectivity index (χ4v) is 2.74. The van der Waals surface area contributed by atoms with E-state index in [0.29, 0.717) is 24.6 Å². The number of carbonyl (C=O) groups excluding carboxylic acids is 1. The Morgan fingerprint density at radius 2 is 2.00 bits per heavy atom. The number of H-pyrrole nitrogens is 1. The highest BCUT2D eigenvalue weighted by atomic mass is 16.5. The molecular weight excluding hydrogens is 312 g/mol. The Hall–Kier alpha value is -2.75. The van der Waals surface area contributed by atoms with Crippen LogP contribution in [-0.2, 0) is 6.42 Å². The van der Waals surface area contributed by atoms with E-state index in [1.807, 2.05) is 36.5 Å². The number of ether oxygens (including phenoxy) is 1. The van der Waals surface area contributed by atoms with Crippen molar-refractivity contribution in [3.63, 3.8) is 0 Å². The highest BCUT2D eigenvalue weighted by Crippen LogP contribution is 2.18. The molecule has 0 bridgehead atoms. The molecule has 1 amide bonds. The predicted molar refractivity (Wildman–Crippen MR) is 101 cm³/mol. The number of carbonyl (C=O) groups is 1. The van der Waals surface area contributed by atoms with E-state index in [9.17, 15) is 4.79 Å². The number of hydrogen-bond acceptors (Lipinski definition) is 2. The standard InChI is InChI=1S/C21H24N2O2/c1-15(2)14-25-18-7-5-6-16(12-18)21(24)22-11-10-17-13-23-20-9-4-3-8-19(17)20/h3-9,12-13,15,23H,10-11,14H2,1-2H3,(H,22,24). The second-order valence-electron chi connectivity index (χ2n) is 6.60. The van der Waals surface area contributed by atoms with Crippen LogP contribution in [0.5, 0.6) is 5.75 Å². The van der Waals surface area contributed by atoms with Gasteiger partial charge < -0.3 is 15.0 Å². The minimum atomic E-state index is -0.0742. The second-order valence-corrected chi connectivity index (χ2v) is 6.60. The molecule has 0 spiro atoms. The molecule has 1 heterocycles. The first-order valence-corrected chi connectivity index (χ1v) is 8.69. The Balaban J connectivity index is 1.56. The normalized spacial score (nSPS) is 11.0. The van der Waals surface area contributed by atoms with Gasteiger partial charge in [0.05, 0.1) is 6.61 Å². The predicted octanol–water partition coefficient (Wildman–Crippen LogP) is 4.18. The molecule has 0 aliphatic rings. The third-order valence-electron chi connectivity index (χ3n) is 4.03. The van der Waals surface area contributed by atoms with Crippen LogP contribution in [0.2, 0.25) is 0 Å². The SMILES string of the molecule is CC(C)COc1cccc(C(=O)NCCc2c[nH]c3ccccc23)c1. The van der Waals surface area contributed by atoms with Crippen molar-refractivity contribution >= 4 is 16.8 Å². The van der Waals surface area contributed by atoms with Crippen molar-refractivity contribution in [1.82, 2.24) is 10.3 Å². The monoisotopic (exact) mass is 336 g/mol. The maximum atomic E-state index is 12.4. The zero-order valence-electron chi connectivity index (χ0n) is 14.7. The first-order valence-electron chi connectivity index (χ1n) is 8.69. The summed E-state index contributed by atoms with van der Waals surface area (Å²) >= 11 is 0. The van der Waals surface area contributed by atoms with Gasteiger partial charge in [-0.2, -0.15) is 0 Å². The quantitative estimate of drug-likeness (QED) is 0.680. The second kappa shape index (κ2) is 7.88. The third kappa shape index (κ3) is 4.41. The Morgan fingerprint density at radius 1 is 1.16 bits per heavy atom. The van der Waals surface area contributed by atoms with Gasteiger partial charge in [-0.05, 0) is 42.2 Å². The summed E-state index contributed by atoms with van der Waals surface area (Å²) in [6.45, 7) is 5.44. The maximum Gasteiger partial charge on any atom is 0.251 e. The van der Waals surface area contributed by atoms with Crippen LogP contribution in [-0.4, -0.2) is 24.0 Å². The van der Waals surface area contributed by atoms with Gasteiger partial charge in [0.25, 0.3) is 5.91 Å². The van der Waals surface area contributed by atoms with E-state index in [4.69, 9.17) is 4.74 Å². The van der Waals surface area contributed by atoms with Gasteiger partial charge >= 0.3 is 0 Å². The molecule has 25 heavy (non-hydrogen) atoms. The molecule has 0 saturated heterocycles. The van der Waals surface area contributed by atoms with Crippen molar-refractivity contribution in [2.45, 2.75) is 20.3 Å². The van der Waals surface area contributed by atoms with Crippen molar-refractivity contribution in [3.05, 3.63) is 65.9 Å². The molecule has 4 heteroatoms. The average Bonchev–Trinajstić information content (AvgIpc) is 3.03. The Morgan fingerprint density at radius 3 is 2.84 bits per heavy atom. The van der Waals surface area contributed by atoms with E-state index in [1.165, 1.54) is 10.9 Å². The number of aromatic amines is 1. The summed E-state index contributed by atoms with van der Waals surface area (Å²) in [7, 11) is 0. The summed E-state index contributed by atoms with van der Waals surface area (Å²) in [4.78, 5) is 15.6. The van der Waals surface area contributed by atoms with Gasteiger partial charge in [-0.15, -0.1) is 0 Å². The molecule has 0 radical (unpaired) electrons. The minimum absolute atomic E-state index is 0.0742. The zero-order valence-corrected chi connectivity index (χ0v) is 14.7. The van der Waals surface area contributed by atoms with Gasteiger partial charge in [-0.3, -0.25) is 4.79 Å². The minimum Gasteiger partial charge on any atom is -0.493 e. The van der Waals surface area contributed by atoms with E-state index in [1.54, 1.807) is 6.07 Å². The van der Waals surface area contributed by atoms with Crippen LogP contribution in [0.1, 0.15) is 29.8 Å². The van der Waals surface area contributed by atoms with Crippen molar-refractivity contribution < 1.29 is 9.53 Å². The molecule has 0 fully saturated rings. The number of hydrogen-bond donors (Lipinski definition) is 2. The highest BCUT2D eigenvalue weighted by molar-refractivity contribution is 5.94. The molecule has 0 unspecified atom stereocenters. The first-order chi connectivity index (χ1) is 12.1. The molecule has 4 nitrogen and oxygen atoms in total. The lowest BCUT2D eigenvalue weighted by Crippen LogP contribution is -2.25. The summed E-state index contributed by atoms with van der Waals surface area (Å²) in [6, 6.07) is 15.5. The zero-order chi connectivity index (χ0) is 17.6. The van der Waals surface area contributed by atoms with Gasteiger partial charge in [0.2, 0.25) is 0 Å². The lowest BCUT2D eigenvalue weighted by Gasteiger charge is -2.10. The van der Waals surface area contributed by atoms with Crippen molar-refractivity contribution in [2.24, 2.45) is 5.92 Å². The topological polar surface area (TPSA) is 54.1 Å². The number of aromatic nitrogens is 1. The number of rotatable bonds is 7. The van der Waals surface area contributed by atoms with Gasteiger partial charge in [-0.1, -0.05) is 38.1 Å². The summed E-state index contributed by atoms with van der Waals surface area (Å²) < 4.78 is 5.69. The Labute approximate surface area is 148 Å². The van der Waals surface area contributed by atoms with Crippen LogP contribution in [0.25, 0.3) is 10.9 Å². The molecule has 0 aliphatic heterocycles. The van der Waals surface area contributed by atoms with Gasteiger partial charge in [-0.25, -0.2) is 0 Å². The number of para-hydroxylation sites is 1. The smallest absolute Gasteiger partial charge is 0.251 e. The van der Waals surface area contributed by atoms with Crippen LogP contribution in [0.3, 0.4) is 0 Å². The van der Waals surface area contributed by atoms with Crippen LogP contribution in [0.4, 0.5) is 0 Å². The van der Waals surface area contributed by atoms with E-state index < -0.39 is 0 Å². The van der Waals surface area contributed by atoms with E-state index in [2.05, 4.69) is 36.3 Å². The van der Waals surface area contributed by atoms with Crippen LogP contribution >= 0.6 is 0 Å². The fourth-order valence-electron chi connectivity index (χ4n) is 2.74. The number of benzene rings is 2.